The second-order valence-electron chi connectivity index (χ2n) is 1.20. The zero-order chi connectivity index (χ0) is 8.04. The zero-order valence-electron chi connectivity index (χ0n) is 4.69. The third kappa shape index (κ3) is 15.9. The predicted molar refractivity (Wildman–Crippen MR) is 48.9 cm³/mol. The summed E-state index contributed by atoms with van der Waals surface area (Å²) >= 11 is 0. The van der Waals surface area contributed by atoms with Gasteiger partial charge in [-0.2, -0.15) is 5.32 Å². The summed E-state index contributed by atoms with van der Waals surface area (Å²) in [4.78, 5) is 3.54. The summed E-state index contributed by atoms with van der Waals surface area (Å²) in [7, 11) is 17.0. The second-order valence-corrected chi connectivity index (χ2v) is 14.1. The molecule has 0 saturated carbocycles. The predicted octanol–water partition coefficient (Wildman–Crippen LogP) is 2.34. The van der Waals surface area contributed by atoms with E-state index in [4.69, 9.17) is 40.2 Å². The minimum Gasteiger partial charge on any atom is -0.391 e. The van der Waals surface area contributed by atoms with Crippen LogP contribution in [0.3, 0.4) is 0 Å². The SMILES string of the molecule is [C+]1=NC=CN1.[Cl][Al-]([Cl])([Cl])[Cl]. The summed E-state index contributed by atoms with van der Waals surface area (Å²) in [6.07, 6.45) is 5.83. The van der Waals surface area contributed by atoms with Gasteiger partial charge in [-0.3, -0.25) is 0 Å². The third-order valence-electron chi connectivity index (χ3n) is 0.362. The van der Waals surface area contributed by atoms with Crippen molar-refractivity contribution >= 4 is 55.9 Å². The molecule has 0 unspecified atom stereocenters. The van der Waals surface area contributed by atoms with Crippen molar-refractivity contribution in [3.05, 3.63) is 12.4 Å². The number of rotatable bonds is 0. The van der Waals surface area contributed by atoms with Crippen molar-refractivity contribution in [3.8, 4) is 0 Å². The summed E-state index contributed by atoms with van der Waals surface area (Å²) in [6, 6.07) is 0. The Bertz CT molecular complexity index is 124. The lowest BCUT2D eigenvalue weighted by Gasteiger charge is -1.97. The lowest BCUT2D eigenvalue weighted by atomic mass is 11.0. The molecule has 0 atom stereocenters. The van der Waals surface area contributed by atoms with Gasteiger partial charge in [0.15, 0.2) is 6.20 Å². The van der Waals surface area contributed by atoms with Gasteiger partial charge in [-0.15, -0.1) is 0 Å². The van der Waals surface area contributed by atoms with Gasteiger partial charge in [0.25, 0.3) is 6.34 Å². The van der Waals surface area contributed by atoms with Gasteiger partial charge in [0.05, 0.1) is 0 Å². The Labute approximate surface area is 78.3 Å². The minimum atomic E-state index is -2.94. The molecule has 1 aliphatic heterocycles. The van der Waals surface area contributed by atoms with Crippen LogP contribution in [0, 0.1) is 0 Å². The highest BCUT2D eigenvalue weighted by atomic mass is 35.9. The quantitative estimate of drug-likeness (QED) is 0.506. The molecule has 56 valence electrons. The highest BCUT2D eigenvalue weighted by Gasteiger charge is 2.14. The molecule has 7 heteroatoms. The number of hydrogen-bond acceptors (Lipinski definition) is 2. The van der Waals surface area contributed by atoms with Crippen LogP contribution in [-0.4, -0.2) is 15.7 Å². The summed E-state index contributed by atoms with van der Waals surface area (Å²) in [5.74, 6) is 0. The van der Waals surface area contributed by atoms with Gasteiger partial charge in [0.2, 0.25) is 6.20 Å². The van der Waals surface area contributed by atoms with Gasteiger partial charge < -0.3 is 40.2 Å². The van der Waals surface area contributed by atoms with Gasteiger partial charge >= 0.3 is 9.39 Å². The van der Waals surface area contributed by atoms with E-state index in [9.17, 15) is 0 Å². The van der Waals surface area contributed by atoms with E-state index in [1.165, 1.54) is 0 Å². The summed E-state index contributed by atoms with van der Waals surface area (Å²) in [6.45, 7) is 0. The van der Waals surface area contributed by atoms with Gasteiger partial charge in [-0.05, 0) is 4.99 Å². The molecular formula is C3H3AlCl4N2. The maximum absolute atomic E-state index is 4.99. The van der Waals surface area contributed by atoms with Crippen molar-refractivity contribution in [1.29, 1.82) is 0 Å². The zero-order valence-corrected chi connectivity index (χ0v) is 8.87. The molecule has 0 aliphatic carbocycles. The molecule has 0 radical (unpaired) electrons. The molecule has 1 aliphatic rings. The fourth-order valence-corrected chi connectivity index (χ4v) is 0.186. The molecule has 0 fully saturated rings. The van der Waals surface area contributed by atoms with Crippen LogP contribution in [0.4, 0.5) is 0 Å². The molecule has 0 aromatic heterocycles. The molecule has 0 amide bonds. The van der Waals surface area contributed by atoms with Crippen molar-refractivity contribution in [2.45, 2.75) is 0 Å². The molecule has 1 rings (SSSR count). The summed E-state index contributed by atoms with van der Waals surface area (Å²) in [5.41, 5.74) is 0. The molecule has 1 heterocycles. The van der Waals surface area contributed by atoms with Crippen molar-refractivity contribution in [2.24, 2.45) is 4.99 Å². The molecular weight excluding hydrogens is 233 g/mol. The number of aliphatic imine (C=N–C) groups is 1. The number of hydrogen-bond donors (Lipinski definition) is 1. The molecule has 0 spiro atoms. The Kier molecular flexibility index (Phi) is 5.90. The van der Waals surface area contributed by atoms with Gasteiger partial charge in [-0.1, -0.05) is 0 Å². The number of halogens is 4. The van der Waals surface area contributed by atoms with E-state index in [0.717, 1.165) is 0 Å². The second kappa shape index (κ2) is 5.46. The monoisotopic (exact) mass is 234 g/mol. The maximum Gasteiger partial charge on any atom is 0.564 e. The largest absolute Gasteiger partial charge is 0.564 e. The Hall–Kier alpha value is 0.812. The molecule has 0 saturated heterocycles. The van der Waals surface area contributed by atoms with Crippen molar-refractivity contribution < 1.29 is 0 Å². The van der Waals surface area contributed by atoms with Crippen molar-refractivity contribution in [3.63, 3.8) is 0 Å². The van der Waals surface area contributed by atoms with Crippen LogP contribution >= 0.6 is 40.2 Å². The first-order valence-corrected chi connectivity index (χ1v) is 9.21. The van der Waals surface area contributed by atoms with Crippen LogP contribution in [0.2, 0.25) is 0 Å². The van der Waals surface area contributed by atoms with Crippen LogP contribution in [0.15, 0.2) is 17.4 Å². The van der Waals surface area contributed by atoms with Gasteiger partial charge in [0, 0.05) is 0 Å². The lowest BCUT2D eigenvalue weighted by Crippen LogP contribution is -1.91. The lowest BCUT2D eigenvalue weighted by molar-refractivity contribution is 1.37. The highest BCUT2D eigenvalue weighted by Crippen LogP contribution is 2.23. The standard InChI is InChI=1S/C3H3N2.Al.4ClH/c1-2-5-3-4-1;;;;;/h1-2H,(H,4,5);;4*1H/q+1;+3;;;;/p-4. The van der Waals surface area contributed by atoms with E-state index in [0.29, 0.717) is 0 Å². The van der Waals surface area contributed by atoms with E-state index in [-0.39, 0.29) is 0 Å². The first kappa shape index (κ1) is 10.8. The molecule has 0 aromatic rings. The van der Waals surface area contributed by atoms with Crippen LogP contribution in [0.25, 0.3) is 0 Å². The Balaban J connectivity index is 0.000000162. The molecule has 0 aromatic carbocycles. The van der Waals surface area contributed by atoms with Crippen molar-refractivity contribution in [2.75, 3.05) is 0 Å². The van der Waals surface area contributed by atoms with Crippen LogP contribution < -0.4 is 5.32 Å². The average molecular weight is 236 g/mol. The Morgan fingerprint density at radius 3 is 1.90 bits per heavy atom. The third-order valence-corrected chi connectivity index (χ3v) is 0.362. The number of nitrogens with one attached hydrogen (secondary N) is 1. The molecule has 2 nitrogen and oxygen atoms in total. The smallest absolute Gasteiger partial charge is 0.391 e. The van der Waals surface area contributed by atoms with Crippen molar-refractivity contribution in [1.82, 2.24) is 5.32 Å². The average Bonchev–Trinajstić information content (AvgIpc) is 2.07. The van der Waals surface area contributed by atoms with E-state index in [1.54, 1.807) is 12.4 Å². The normalized spacial score (nSPS) is 13.2. The summed E-state index contributed by atoms with van der Waals surface area (Å²) in [5, 5.41) is 2.62. The van der Waals surface area contributed by atoms with Crippen LogP contribution in [0.5, 0.6) is 0 Å². The van der Waals surface area contributed by atoms with Crippen LogP contribution in [-0.2, 0) is 0 Å². The summed E-state index contributed by atoms with van der Waals surface area (Å²) < 4.78 is 0. The van der Waals surface area contributed by atoms with E-state index in [2.05, 4.69) is 16.6 Å². The highest BCUT2D eigenvalue weighted by molar-refractivity contribution is 7.81. The number of nitrogens with zero attached hydrogens (tertiary/aromatic N) is 1. The molecule has 0 bridgehead atoms. The fourth-order valence-electron chi connectivity index (χ4n) is 0.186. The Morgan fingerprint density at radius 1 is 1.30 bits per heavy atom. The van der Waals surface area contributed by atoms with Gasteiger partial charge in [-0.25, -0.2) is 0 Å². The first-order valence-electron chi connectivity index (χ1n) is 2.23. The topological polar surface area (TPSA) is 24.4 Å². The van der Waals surface area contributed by atoms with Crippen LogP contribution in [0.1, 0.15) is 0 Å². The molecule has 10 heavy (non-hydrogen) atoms. The van der Waals surface area contributed by atoms with E-state index >= 15 is 0 Å². The van der Waals surface area contributed by atoms with E-state index in [1.807, 2.05) is 0 Å². The minimum absolute atomic E-state index is 1.64. The van der Waals surface area contributed by atoms with E-state index < -0.39 is 9.39 Å². The molecule has 1 N–H and O–H groups in total. The fraction of sp³-hybridized carbons (Fsp3) is 0. The van der Waals surface area contributed by atoms with Gasteiger partial charge in [0.1, 0.15) is 0 Å². The first-order chi connectivity index (χ1) is 4.50. The maximum atomic E-state index is 4.99. The Morgan fingerprint density at radius 2 is 1.80 bits per heavy atom.